The van der Waals surface area contributed by atoms with E-state index in [-0.39, 0.29) is 0 Å². The van der Waals surface area contributed by atoms with E-state index in [2.05, 4.69) is 86.6 Å². The number of benzene rings is 4. The number of phenolic OH excluding ortho intramolecular Hbond substituents is 1. The molecule has 0 aromatic heterocycles. The van der Waals surface area contributed by atoms with Crippen molar-refractivity contribution in [1.82, 2.24) is 0 Å². The number of aromatic hydroxyl groups is 1. The van der Waals surface area contributed by atoms with Crippen molar-refractivity contribution in [2.75, 3.05) is 0 Å². The first-order chi connectivity index (χ1) is 14.1. The third kappa shape index (κ3) is 6.55. The molecule has 4 aromatic carbocycles. The van der Waals surface area contributed by atoms with Crippen LogP contribution in [0.15, 0.2) is 113 Å². The number of hydrogen-bond donors (Lipinski definition) is 1. The number of hydrogen-bond acceptors (Lipinski definition) is 2. The van der Waals surface area contributed by atoms with Gasteiger partial charge in [-0.05, 0) is 66.4 Å². The van der Waals surface area contributed by atoms with E-state index in [1.165, 1.54) is 32.0 Å². The van der Waals surface area contributed by atoms with E-state index in [4.69, 9.17) is 5.11 Å². The molecule has 2 heteroatoms. The summed E-state index contributed by atoms with van der Waals surface area (Å²) in [4.78, 5) is 2.55. The lowest BCUT2D eigenvalue weighted by Crippen LogP contribution is -1.78. The summed E-state index contributed by atoms with van der Waals surface area (Å²) >= 11 is 1.80. The quantitative estimate of drug-likeness (QED) is 0.379. The Balaban J connectivity index is 0.000000224. The Hall–Kier alpha value is -2.97. The molecule has 0 amide bonds. The first-order valence-corrected chi connectivity index (χ1v) is 10.6. The van der Waals surface area contributed by atoms with Crippen LogP contribution in [0.4, 0.5) is 0 Å². The average molecular weight is 399 g/mol. The Morgan fingerprint density at radius 1 is 0.621 bits per heavy atom. The van der Waals surface area contributed by atoms with E-state index in [0.717, 1.165) is 6.42 Å². The van der Waals surface area contributed by atoms with Gasteiger partial charge in [0.15, 0.2) is 0 Å². The van der Waals surface area contributed by atoms with Gasteiger partial charge in [0.05, 0.1) is 0 Å². The molecular formula is C27H26OS. The number of rotatable bonds is 4. The minimum atomic E-state index is 0.340. The molecular weight excluding hydrogens is 372 g/mol. The summed E-state index contributed by atoms with van der Waals surface area (Å²) in [5.74, 6) is 0.340. The second kappa shape index (κ2) is 10.5. The predicted octanol–water partition coefficient (Wildman–Crippen LogP) is 7.77. The summed E-state index contributed by atoms with van der Waals surface area (Å²) in [6.07, 6.45) is 1.03. The maximum absolute atomic E-state index is 8.85. The summed E-state index contributed by atoms with van der Waals surface area (Å²) in [5, 5.41) is 8.85. The van der Waals surface area contributed by atoms with E-state index in [1.54, 1.807) is 23.9 Å². The lowest BCUT2D eigenvalue weighted by atomic mass is 10.1. The second-order valence-corrected chi connectivity index (χ2v) is 7.97. The van der Waals surface area contributed by atoms with Crippen molar-refractivity contribution in [3.63, 3.8) is 0 Å². The molecule has 1 N–H and O–H groups in total. The fourth-order valence-corrected chi connectivity index (χ4v) is 3.64. The molecule has 0 bridgehead atoms. The van der Waals surface area contributed by atoms with Gasteiger partial charge in [-0.25, -0.2) is 0 Å². The highest BCUT2D eigenvalue weighted by atomic mass is 32.2. The number of phenols is 1. The van der Waals surface area contributed by atoms with Crippen LogP contribution < -0.4 is 0 Å². The highest BCUT2D eigenvalue weighted by molar-refractivity contribution is 7.99. The standard InChI is InChI=1S/C19H16S.C8H10O/c1-15-7-11-18(12-8-15)20-19-13-9-17(10-14-19)16-5-3-2-4-6-16;1-2-7-3-5-8(9)6-4-7/h2-14H,1H3;3-6,9H,2H2,1H3. The lowest BCUT2D eigenvalue weighted by molar-refractivity contribution is 0.475. The molecule has 0 aliphatic carbocycles. The van der Waals surface area contributed by atoms with Gasteiger partial charge in [0, 0.05) is 9.79 Å². The molecule has 29 heavy (non-hydrogen) atoms. The molecule has 1 nitrogen and oxygen atoms in total. The molecule has 0 aliphatic heterocycles. The van der Waals surface area contributed by atoms with Crippen molar-refractivity contribution in [1.29, 1.82) is 0 Å². The van der Waals surface area contributed by atoms with E-state index < -0.39 is 0 Å². The van der Waals surface area contributed by atoms with E-state index >= 15 is 0 Å². The van der Waals surface area contributed by atoms with Crippen LogP contribution in [0.1, 0.15) is 18.1 Å². The smallest absolute Gasteiger partial charge is 0.115 e. The van der Waals surface area contributed by atoms with Crippen molar-refractivity contribution >= 4 is 11.8 Å². The van der Waals surface area contributed by atoms with Crippen LogP contribution in [0.3, 0.4) is 0 Å². The Kier molecular flexibility index (Phi) is 7.54. The Morgan fingerprint density at radius 2 is 1.14 bits per heavy atom. The predicted molar refractivity (Wildman–Crippen MR) is 125 cm³/mol. The fraction of sp³-hybridized carbons (Fsp3) is 0.111. The molecule has 4 rings (SSSR count). The van der Waals surface area contributed by atoms with Gasteiger partial charge in [0.25, 0.3) is 0 Å². The maximum Gasteiger partial charge on any atom is 0.115 e. The maximum atomic E-state index is 8.85. The van der Waals surface area contributed by atoms with Crippen LogP contribution in [0, 0.1) is 6.92 Å². The van der Waals surface area contributed by atoms with Gasteiger partial charge in [-0.3, -0.25) is 0 Å². The van der Waals surface area contributed by atoms with Gasteiger partial charge in [-0.2, -0.15) is 0 Å². The Bertz CT molecular complexity index is 989. The average Bonchev–Trinajstić information content (AvgIpc) is 2.77. The lowest BCUT2D eigenvalue weighted by Gasteiger charge is -2.05. The van der Waals surface area contributed by atoms with Gasteiger partial charge in [0.1, 0.15) is 5.75 Å². The summed E-state index contributed by atoms with van der Waals surface area (Å²) in [5.41, 5.74) is 5.08. The molecule has 0 aliphatic rings. The summed E-state index contributed by atoms with van der Waals surface area (Å²) < 4.78 is 0. The van der Waals surface area contributed by atoms with Gasteiger partial charge in [-0.1, -0.05) is 91.0 Å². The number of aryl methyl sites for hydroxylation is 2. The zero-order chi connectivity index (χ0) is 20.5. The first kappa shape index (κ1) is 20.8. The highest BCUT2D eigenvalue weighted by Crippen LogP contribution is 2.29. The monoisotopic (exact) mass is 398 g/mol. The highest BCUT2D eigenvalue weighted by Gasteiger charge is 1.99. The topological polar surface area (TPSA) is 20.2 Å². The van der Waals surface area contributed by atoms with Crippen molar-refractivity contribution in [3.8, 4) is 16.9 Å². The molecule has 0 fully saturated rings. The van der Waals surface area contributed by atoms with E-state index in [1.807, 2.05) is 18.2 Å². The van der Waals surface area contributed by atoms with Crippen LogP contribution in [0.25, 0.3) is 11.1 Å². The molecule has 0 saturated heterocycles. The second-order valence-electron chi connectivity index (χ2n) is 6.83. The van der Waals surface area contributed by atoms with Crippen LogP contribution in [-0.4, -0.2) is 5.11 Å². The normalized spacial score (nSPS) is 10.1. The zero-order valence-corrected chi connectivity index (χ0v) is 17.7. The molecule has 0 atom stereocenters. The Morgan fingerprint density at radius 3 is 1.69 bits per heavy atom. The van der Waals surface area contributed by atoms with Crippen molar-refractivity contribution in [2.24, 2.45) is 0 Å². The third-order valence-electron chi connectivity index (χ3n) is 4.56. The summed E-state index contributed by atoms with van der Waals surface area (Å²) in [6, 6.07) is 35.1. The summed E-state index contributed by atoms with van der Waals surface area (Å²) in [6.45, 7) is 4.20. The zero-order valence-electron chi connectivity index (χ0n) is 16.9. The molecule has 0 heterocycles. The molecule has 0 unspecified atom stereocenters. The van der Waals surface area contributed by atoms with Crippen LogP contribution >= 0.6 is 11.8 Å². The third-order valence-corrected chi connectivity index (χ3v) is 5.58. The Labute approximate surface area is 178 Å². The van der Waals surface area contributed by atoms with E-state index in [0.29, 0.717) is 5.75 Å². The van der Waals surface area contributed by atoms with Crippen LogP contribution in [0.5, 0.6) is 5.75 Å². The van der Waals surface area contributed by atoms with Gasteiger partial charge in [-0.15, -0.1) is 0 Å². The van der Waals surface area contributed by atoms with Gasteiger partial charge >= 0.3 is 0 Å². The van der Waals surface area contributed by atoms with Crippen LogP contribution in [-0.2, 0) is 6.42 Å². The van der Waals surface area contributed by atoms with Crippen molar-refractivity contribution < 1.29 is 5.11 Å². The molecule has 0 saturated carbocycles. The summed E-state index contributed by atoms with van der Waals surface area (Å²) in [7, 11) is 0. The molecule has 0 radical (unpaired) electrons. The molecule has 4 aromatic rings. The minimum Gasteiger partial charge on any atom is -0.508 e. The van der Waals surface area contributed by atoms with Crippen molar-refractivity contribution in [3.05, 3.63) is 114 Å². The van der Waals surface area contributed by atoms with Crippen molar-refractivity contribution in [2.45, 2.75) is 30.1 Å². The largest absolute Gasteiger partial charge is 0.508 e. The fourth-order valence-electron chi connectivity index (χ4n) is 2.82. The van der Waals surface area contributed by atoms with Gasteiger partial charge in [0.2, 0.25) is 0 Å². The van der Waals surface area contributed by atoms with Gasteiger partial charge < -0.3 is 5.11 Å². The van der Waals surface area contributed by atoms with E-state index in [9.17, 15) is 0 Å². The first-order valence-electron chi connectivity index (χ1n) is 9.82. The molecule has 0 spiro atoms. The SMILES string of the molecule is CCc1ccc(O)cc1.Cc1ccc(Sc2ccc(-c3ccccc3)cc2)cc1. The van der Waals surface area contributed by atoms with Crippen LogP contribution in [0.2, 0.25) is 0 Å². The minimum absolute atomic E-state index is 0.340. The molecule has 146 valence electrons.